The minimum atomic E-state index is -0.798. The number of nitrogens with zero attached hydrogens (tertiary/aromatic N) is 5. The Kier molecular flexibility index (Phi) is 5.24. The molecule has 0 spiro atoms. The lowest BCUT2D eigenvalue weighted by Crippen LogP contribution is -2.51. The SMILES string of the molecule is O=C(CCN1CCCC(O)(Cn2ccnn2)C1)N1CCOCC1. The molecule has 1 aromatic rings. The van der Waals surface area contributed by atoms with Crippen molar-refractivity contribution < 1.29 is 14.6 Å². The van der Waals surface area contributed by atoms with Crippen molar-refractivity contribution >= 4 is 5.91 Å². The first kappa shape index (κ1) is 16.4. The van der Waals surface area contributed by atoms with Crippen LogP contribution in [-0.4, -0.2) is 87.3 Å². The predicted molar refractivity (Wildman–Crippen MR) is 82.7 cm³/mol. The molecule has 2 aliphatic rings. The zero-order valence-corrected chi connectivity index (χ0v) is 13.4. The molecule has 8 heteroatoms. The van der Waals surface area contributed by atoms with Gasteiger partial charge in [0.05, 0.1) is 31.6 Å². The molecular formula is C15H25N5O3. The number of piperidine rings is 1. The van der Waals surface area contributed by atoms with E-state index in [1.165, 1.54) is 0 Å². The molecule has 3 rings (SSSR count). The van der Waals surface area contributed by atoms with Gasteiger partial charge in [-0.25, -0.2) is 4.68 Å². The van der Waals surface area contributed by atoms with Crippen molar-refractivity contribution in [1.82, 2.24) is 24.8 Å². The van der Waals surface area contributed by atoms with E-state index in [1.54, 1.807) is 17.1 Å². The molecule has 2 saturated heterocycles. The monoisotopic (exact) mass is 323 g/mol. The zero-order chi connectivity index (χ0) is 16.1. The van der Waals surface area contributed by atoms with E-state index in [1.807, 2.05) is 4.90 Å². The zero-order valence-electron chi connectivity index (χ0n) is 13.4. The van der Waals surface area contributed by atoms with Gasteiger partial charge < -0.3 is 14.7 Å². The Morgan fingerprint density at radius 3 is 2.87 bits per heavy atom. The topological polar surface area (TPSA) is 83.7 Å². The Labute approximate surface area is 136 Å². The number of β-amino-alcohol motifs (C(OH)–C–C–N with tert-alkyl or cyclic N) is 1. The molecule has 2 fully saturated rings. The van der Waals surface area contributed by atoms with Crippen molar-refractivity contribution in [2.24, 2.45) is 0 Å². The molecule has 2 aliphatic heterocycles. The second-order valence-corrected chi connectivity index (χ2v) is 6.45. The van der Waals surface area contributed by atoms with Gasteiger partial charge in [-0.1, -0.05) is 5.21 Å². The van der Waals surface area contributed by atoms with Gasteiger partial charge in [-0.2, -0.15) is 0 Å². The molecule has 0 aromatic carbocycles. The maximum absolute atomic E-state index is 12.2. The molecule has 8 nitrogen and oxygen atoms in total. The molecule has 0 saturated carbocycles. The number of ether oxygens (including phenoxy) is 1. The summed E-state index contributed by atoms with van der Waals surface area (Å²) in [7, 11) is 0. The van der Waals surface area contributed by atoms with E-state index < -0.39 is 5.60 Å². The van der Waals surface area contributed by atoms with Crippen LogP contribution in [0.2, 0.25) is 0 Å². The molecule has 23 heavy (non-hydrogen) atoms. The number of morpholine rings is 1. The summed E-state index contributed by atoms with van der Waals surface area (Å²) >= 11 is 0. The van der Waals surface area contributed by atoms with Gasteiger partial charge in [-0.05, 0) is 19.4 Å². The highest BCUT2D eigenvalue weighted by molar-refractivity contribution is 5.76. The van der Waals surface area contributed by atoms with E-state index >= 15 is 0 Å². The maximum atomic E-state index is 12.2. The van der Waals surface area contributed by atoms with Crippen LogP contribution in [0.3, 0.4) is 0 Å². The number of amides is 1. The third kappa shape index (κ3) is 4.49. The summed E-state index contributed by atoms with van der Waals surface area (Å²) in [6, 6.07) is 0. The van der Waals surface area contributed by atoms with Gasteiger partial charge >= 0.3 is 0 Å². The van der Waals surface area contributed by atoms with Crippen LogP contribution in [0.1, 0.15) is 19.3 Å². The van der Waals surface area contributed by atoms with Crippen molar-refractivity contribution in [1.29, 1.82) is 0 Å². The van der Waals surface area contributed by atoms with Crippen LogP contribution in [0, 0.1) is 0 Å². The van der Waals surface area contributed by atoms with Gasteiger partial charge in [0.1, 0.15) is 0 Å². The van der Waals surface area contributed by atoms with E-state index in [0.29, 0.717) is 52.4 Å². The second-order valence-electron chi connectivity index (χ2n) is 6.45. The summed E-state index contributed by atoms with van der Waals surface area (Å²) in [6.07, 6.45) is 5.56. The summed E-state index contributed by atoms with van der Waals surface area (Å²) in [5.41, 5.74) is -0.798. The number of likely N-dealkylation sites (tertiary alicyclic amines) is 1. The van der Waals surface area contributed by atoms with E-state index in [4.69, 9.17) is 4.74 Å². The molecule has 1 atom stereocenters. The van der Waals surface area contributed by atoms with E-state index in [2.05, 4.69) is 15.2 Å². The molecule has 1 N–H and O–H groups in total. The van der Waals surface area contributed by atoms with Crippen molar-refractivity contribution in [3.8, 4) is 0 Å². The number of hydrogen-bond donors (Lipinski definition) is 1. The van der Waals surface area contributed by atoms with E-state index in [-0.39, 0.29) is 5.91 Å². The third-order valence-corrected chi connectivity index (χ3v) is 4.57. The molecule has 0 aliphatic carbocycles. The fourth-order valence-corrected chi connectivity index (χ4v) is 3.37. The largest absolute Gasteiger partial charge is 0.387 e. The Morgan fingerprint density at radius 2 is 2.13 bits per heavy atom. The Bertz CT molecular complexity index is 503. The molecule has 128 valence electrons. The highest BCUT2D eigenvalue weighted by Gasteiger charge is 2.34. The number of rotatable bonds is 5. The van der Waals surface area contributed by atoms with Crippen LogP contribution in [0.25, 0.3) is 0 Å². The van der Waals surface area contributed by atoms with Crippen molar-refractivity contribution in [2.75, 3.05) is 45.9 Å². The molecule has 0 radical (unpaired) electrons. The standard InChI is InChI=1S/C15H25N5O3/c21-14(19-8-10-23-11-9-19)2-6-18-5-1-3-15(22,12-18)13-20-7-4-16-17-20/h4,7,22H,1-3,5-6,8-13H2. The highest BCUT2D eigenvalue weighted by atomic mass is 16.5. The molecule has 1 unspecified atom stereocenters. The van der Waals surface area contributed by atoms with Gasteiger partial charge in [0.2, 0.25) is 5.91 Å². The summed E-state index contributed by atoms with van der Waals surface area (Å²) in [4.78, 5) is 16.3. The first-order valence-electron chi connectivity index (χ1n) is 8.29. The van der Waals surface area contributed by atoms with Crippen molar-refractivity contribution in [3.05, 3.63) is 12.4 Å². The Hall–Kier alpha value is -1.51. The quantitative estimate of drug-likeness (QED) is 0.775. The van der Waals surface area contributed by atoms with E-state index in [0.717, 1.165) is 19.4 Å². The molecular weight excluding hydrogens is 298 g/mol. The fourth-order valence-electron chi connectivity index (χ4n) is 3.37. The van der Waals surface area contributed by atoms with Crippen LogP contribution in [-0.2, 0) is 16.1 Å². The third-order valence-electron chi connectivity index (χ3n) is 4.57. The molecule has 0 bridgehead atoms. The number of aromatic nitrogens is 3. The van der Waals surface area contributed by atoms with Crippen LogP contribution in [0.4, 0.5) is 0 Å². The second kappa shape index (κ2) is 7.37. The normalized spacial score (nSPS) is 26.4. The minimum Gasteiger partial charge on any atom is -0.387 e. The lowest BCUT2D eigenvalue weighted by molar-refractivity contribution is -0.136. The lowest BCUT2D eigenvalue weighted by atomic mass is 9.92. The fraction of sp³-hybridized carbons (Fsp3) is 0.800. The van der Waals surface area contributed by atoms with Crippen LogP contribution < -0.4 is 0 Å². The maximum Gasteiger partial charge on any atom is 0.224 e. The van der Waals surface area contributed by atoms with Gasteiger partial charge in [-0.15, -0.1) is 5.10 Å². The summed E-state index contributed by atoms with van der Waals surface area (Å²) in [5.74, 6) is 0.179. The van der Waals surface area contributed by atoms with Gasteiger partial charge in [0, 0.05) is 38.8 Å². The smallest absolute Gasteiger partial charge is 0.224 e. The number of hydrogen-bond acceptors (Lipinski definition) is 6. The van der Waals surface area contributed by atoms with Crippen molar-refractivity contribution in [3.63, 3.8) is 0 Å². The molecule has 3 heterocycles. The van der Waals surface area contributed by atoms with Gasteiger partial charge in [0.25, 0.3) is 0 Å². The highest BCUT2D eigenvalue weighted by Crippen LogP contribution is 2.23. The Morgan fingerprint density at radius 1 is 1.30 bits per heavy atom. The number of aliphatic hydroxyl groups is 1. The van der Waals surface area contributed by atoms with Crippen LogP contribution in [0.15, 0.2) is 12.4 Å². The van der Waals surface area contributed by atoms with Gasteiger partial charge in [-0.3, -0.25) is 9.69 Å². The first-order valence-corrected chi connectivity index (χ1v) is 8.29. The Balaban J connectivity index is 1.47. The number of carbonyl (C=O) groups is 1. The first-order chi connectivity index (χ1) is 11.1. The van der Waals surface area contributed by atoms with Gasteiger partial charge in [0.15, 0.2) is 0 Å². The molecule has 1 aromatic heterocycles. The van der Waals surface area contributed by atoms with E-state index in [9.17, 15) is 9.90 Å². The lowest BCUT2D eigenvalue weighted by Gasteiger charge is -2.39. The average molecular weight is 323 g/mol. The van der Waals surface area contributed by atoms with Crippen molar-refractivity contribution in [2.45, 2.75) is 31.4 Å². The summed E-state index contributed by atoms with van der Waals surface area (Å²) < 4.78 is 6.94. The summed E-state index contributed by atoms with van der Waals surface area (Å²) in [6.45, 7) is 5.28. The summed E-state index contributed by atoms with van der Waals surface area (Å²) in [5, 5.41) is 18.5. The predicted octanol–water partition coefficient (Wildman–Crippen LogP) is -0.646. The average Bonchev–Trinajstić information content (AvgIpc) is 3.06. The minimum absolute atomic E-state index is 0.179. The van der Waals surface area contributed by atoms with Crippen LogP contribution in [0.5, 0.6) is 0 Å². The number of carbonyl (C=O) groups excluding carboxylic acids is 1. The molecule has 1 amide bonds. The van der Waals surface area contributed by atoms with Crippen LogP contribution >= 0.6 is 0 Å².